The van der Waals surface area contributed by atoms with Gasteiger partial charge in [-0.3, -0.25) is 9.59 Å². The Kier molecular flexibility index (Phi) is 6.39. The lowest BCUT2D eigenvalue weighted by Gasteiger charge is -2.18. The van der Waals surface area contributed by atoms with Crippen molar-refractivity contribution >= 4 is 28.9 Å². The second kappa shape index (κ2) is 9.14. The van der Waals surface area contributed by atoms with Crippen molar-refractivity contribution in [3.05, 3.63) is 88.1 Å². The molecule has 0 saturated carbocycles. The van der Waals surface area contributed by atoms with Crippen molar-refractivity contribution in [3.63, 3.8) is 0 Å². The highest BCUT2D eigenvalue weighted by Gasteiger charge is 2.25. The van der Waals surface area contributed by atoms with Crippen LogP contribution in [-0.4, -0.2) is 11.9 Å². The molecular formula is C22H21NO3S. The molecule has 1 heterocycles. The monoisotopic (exact) mass is 379 g/mol. The lowest BCUT2D eigenvalue weighted by molar-refractivity contribution is -0.154. The molecule has 1 unspecified atom stereocenters. The number of rotatable bonds is 7. The van der Waals surface area contributed by atoms with Crippen LogP contribution in [-0.2, 0) is 20.7 Å². The predicted octanol–water partition coefficient (Wildman–Crippen LogP) is 4.91. The molecule has 0 aliphatic rings. The minimum absolute atomic E-state index is 0.234. The Hall–Kier alpha value is -2.92. The Balaban J connectivity index is 1.69. The number of carbonyl (C=O) groups excluding carboxylic acids is 2. The van der Waals surface area contributed by atoms with Gasteiger partial charge >= 0.3 is 5.97 Å². The van der Waals surface area contributed by atoms with Crippen LogP contribution in [0.25, 0.3) is 0 Å². The van der Waals surface area contributed by atoms with Gasteiger partial charge in [-0.15, -0.1) is 0 Å². The van der Waals surface area contributed by atoms with E-state index >= 15 is 0 Å². The molecule has 0 bridgehead atoms. The van der Waals surface area contributed by atoms with E-state index in [0.717, 1.165) is 11.1 Å². The van der Waals surface area contributed by atoms with Crippen molar-refractivity contribution in [1.82, 2.24) is 0 Å². The normalized spacial score (nSPS) is 11.6. The minimum Gasteiger partial charge on any atom is -0.447 e. The summed E-state index contributed by atoms with van der Waals surface area (Å²) < 4.78 is 5.55. The third-order valence-electron chi connectivity index (χ3n) is 4.11. The minimum atomic E-state index is -0.984. The molecule has 138 valence electrons. The van der Waals surface area contributed by atoms with Crippen LogP contribution in [0.5, 0.6) is 0 Å². The summed E-state index contributed by atoms with van der Waals surface area (Å²) in [5.41, 5.74) is 3.51. The van der Waals surface area contributed by atoms with Gasteiger partial charge in [0.2, 0.25) is 6.10 Å². The summed E-state index contributed by atoms with van der Waals surface area (Å²) in [6.07, 6.45) is -0.149. The standard InChI is InChI=1S/C22H21NO3S/c1-16-7-10-19(11-8-16)23-22(25)21(18-5-3-2-4-6-18)26-20(24)12-9-17-13-14-27-15-17/h2-8,10-11,13-15,21H,9,12H2,1H3,(H,23,25). The van der Waals surface area contributed by atoms with Crippen molar-refractivity contribution in [3.8, 4) is 0 Å². The van der Waals surface area contributed by atoms with E-state index in [9.17, 15) is 9.59 Å². The number of hydrogen-bond donors (Lipinski definition) is 1. The molecule has 3 aromatic rings. The van der Waals surface area contributed by atoms with Gasteiger partial charge in [0.25, 0.3) is 5.91 Å². The van der Waals surface area contributed by atoms with Crippen LogP contribution < -0.4 is 5.32 Å². The topological polar surface area (TPSA) is 55.4 Å². The van der Waals surface area contributed by atoms with Crippen molar-refractivity contribution in [1.29, 1.82) is 0 Å². The van der Waals surface area contributed by atoms with Crippen LogP contribution in [0.4, 0.5) is 5.69 Å². The summed E-state index contributed by atoms with van der Waals surface area (Å²) in [7, 11) is 0. The molecule has 1 atom stereocenters. The lowest BCUT2D eigenvalue weighted by atomic mass is 10.1. The summed E-state index contributed by atoms with van der Waals surface area (Å²) in [4.78, 5) is 25.1. The average molecular weight is 379 g/mol. The number of benzene rings is 2. The van der Waals surface area contributed by atoms with E-state index in [2.05, 4.69) is 5.32 Å². The number of thiophene rings is 1. The van der Waals surface area contributed by atoms with E-state index in [-0.39, 0.29) is 12.3 Å². The number of nitrogens with one attached hydrogen (secondary N) is 1. The van der Waals surface area contributed by atoms with Gasteiger partial charge in [0, 0.05) is 17.7 Å². The number of aryl methyl sites for hydroxylation is 2. The zero-order valence-corrected chi connectivity index (χ0v) is 15.9. The smallest absolute Gasteiger partial charge is 0.307 e. The van der Waals surface area contributed by atoms with Gasteiger partial charge in [0.15, 0.2) is 0 Å². The number of amides is 1. The highest BCUT2D eigenvalue weighted by molar-refractivity contribution is 7.07. The molecule has 27 heavy (non-hydrogen) atoms. The first-order chi connectivity index (χ1) is 13.1. The van der Waals surface area contributed by atoms with Crippen LogP contribution in [0.1, 0.15) is 29.2 Å². The zero-order valence-electron chi connectivity index (χ0n) is 15.1. The predicted molar refractivity (Wildman–Crippen MR) is 108 cm³/mol. The summed E-state index contributed by atoms with van der Waals surface area (Å²) in [6.45, 7) is 1.98. The van der Waals surface area contributed by atoms with Crippen LogP contribution in [0.15, 0.2) is 71.4 Å². The van der Waals surface area contributed by atoms with Crippen molar-refractivity contribution in [2.45, 2.75) is 25.9 Å². The average Bonchev–Trinajstić information content (AvgIpc) is 3.20. The highest BCUT2D eigenvalue weighted by Crippen LogP contribution is 2.21. The Morgan fingerprint density at radius 2 is 1.78 bits per heavy atom. The fourth-order valence-corrected chi connectivity index (χ4v) is 3.32. The third kappa shape index (κ3) is 5.53. The molecule has 0 aliphatic carbocycles. The summed E-state index contributed by atoms with van der Waals surface area (Å²) in [5, 5.41) is 6.81. The maximum atomic E-state index is 12.8. The van der Waals surface area contributed by atoms with E-state index in [1.807, 2.05) is 66.2 Å². The molecule has 1 aromatic heterocycles. The molecule has 1 N–H and O–H groups in total. The van der Waals surface area contributed by atoms with E-state index in [1.54, 1.807) is 23.5 Å². The molecule has 0 radical (unpaired) electrons. The zero-order chi connectivity index (χ0) is 19.1. The largest absolute Gasteiger partial charge is 0.447 e. The second-order valence-electron chi connectivity index (χ2n) is 6.27. The van der Waals surface area contributed by atoms with Gasteiger partial charge in [0.05, 0.1) is 0 Å². The second-order valence-corrected chi connectivity index (χ2v) is 7.05. The molecule has 4 nitrogen and oxygen atoms in total. The molecule has 0 fully saturated rings. The van der Waals surface area contributed by atoms with Gasteiger partial charge < -0.3 is 10.1 Å². The van der Waals surface area contributed by atoms with Crippen molar-refractivity contribution in [2.24, 2.45) is 0 Å². The first-order valence-electron chi connectivity index (χ1n) is 8.75. The Morgan fingerprint density at radius 1 is 1.04 bits per heavy atom. The quantitative estimate of drug-likeness (QED) is 0.593. The van der Waals surface area contributed by atoms with E-state index < -0.39 is 12.1 Å². The van der Waals surface area contributed by atoms with Gasteiger partial charge in [-0.1, -0.05) is 48.0 Å². The Bertz CT molecular complexity index is 874. The Labute approximate surface area is 162 Å². The summed E-state index contributed by atoms with van der Waals surface area (Å²) in [5.74, 6) is -0.761. The number of hydrogen-bond acceptors (Lipinski definition) is 4. The lowest BCUT2D eigenvalue weighted by Crippen LogP contribution is -2.26. The van der Waals surface area contributed by atoms with Gasteiger partial charge in [0.1, 0.15) is 0 Å². The molecule has 0 spiro atoms. The molecule has 1 amide bonds. The molecule has 0 aliphatic heterocycles. The molecule has 5 heteroatoms. The fraction of sp³-hybridized carbons (Fsp3) is 0.182. The number of carbonyl (C=O) groups is 2. The third-order valence-corrected chi connectivity index (χ3v) is 4.84. The van der Waals surface area contributed by atoms with Gasteiger partial charge in [-0.05, 0) is 47.9 Å². The fourth-order valence-electron chi connectivity index (χ4n) is 2.62. The highest BCUT2D eigenvalue weighted by atomic mass is 32.1. The number of anilines is 1. The van der Waals surface area contributed by atoms with Gasteiger partial charge in [-0.2, -0.15) is 11.3 Å². The molecule has 0 saturated heterocycles. The summed E-state index contributed by atoms with van der Waals surface area (Å²) in [6, 6.07) is 18.5. The Morgan fingerprint density at radius 3 is 2.44 bits per heavy atom. The number of ether oxygens (including phenoxy) is 1. The van der Waals surface area contributed by atoms with E-state index in [1.165, 1.54) is 0 Å². The molecule has 2 aromatic carbocycles. The van der Waals surface area contributed by atoms with E-state index in [0.29, 0.717) is 17.7 Å². The van der Waals surface area contributed by atoms with Crippen LogP contribution in [0, 0.1) is 6.92 Å². The first-order valence-corrected chi connectivity index (χ1v) is 9.69. The van der Waals surface area contributed by atoms with E-state index in [4.69, 9.17) is 4.74 Å². The van der Waals surface area contributed by atoms with Crippen molar-refractivity contribution < 1.29 is 14.3 Å². The van der Waals surface area contributed by atoms with Gasteiger partial charge in [-0.25, -0.2) is 0 Å². The first kappa shape index (κ1) is 18.9. The maximum Gasteiger partial charge on any atom is 0.307 e. The number of esters is 1. The molecular weight excluding hydrogens is 358 g/mol. The van der Waals surface area contributed by atoms with Crippen LogP contribution in [0.2, 0.25) is 0 Å². The maximum absolute atomic E-state index is 12.8. The van der Waals surface area contributed by atoms with Crippen LogP contribution >= 0.6 is 11.3 Å². The van der Waals surface area contributed by atoms with Crippen LogP contribution in [0.3, 0.4) is 0 Å². The molecule has 3 rings (SSSR count). The summed E-state index contributed by atoms with van der Waals surface area (Å²) >= 11 is 1.59. The van der Waals surface area contributed by atoms with Crippen molar-refractivity contribution in [2.75, 3.05) is 5.32 Å². The SMILES string of the molecule is Cc1ccc(NC(=O)C(OC(=O)CCc2ccsc2)c2ccccc2)cc1.